The molecule has 8 nitrogen and oxygen atoms in total. The summed E-state index contributed by atoms with van der Waals surface area (Å²) in [5.74, 6) is 0.429. The minimum Gasteiger partial charge on any atom is -0.383 e. The number of thiophene rings is 1. The highest BCUT2D eigenvalue weighted by molar-refractivity contribution is 7.14. The van der Waals surface area contributed by atoms with Crippen LogP contribution in [0.3, 0.4) is 0 Å². The quantitative estimate of drug-likeness (QED) is 0.694. The summed E-state index contributed by atoms with van der Waals surface area (Å²) in [4.78, 5) is 43.9. The number of methoxy groups -OCH3 is 1. The predicted octanol–water partition coefficient (Wildman–Crippen LogP) is 2.25. The van der Waals surface area contributed by atoms with Gasteiger partial charge in [-0.05, 0) is 42.7 Å². The fraction of sp³-hybridized carbons (Fsp3) is 0.571. The van der Waals surface area contributed by atoms with Gasteiger partial charge in [0.25, 0.3) is 11.5 Å². The van der Waals surface area contributed by atoms with E-state index in [0.717, 1.165) is 19.3 Å². The fourth-order valence-electron chi connectivity index (χ4n) is 3.83. The number of carbonyl (C=O) groups is 1. The van der Waals surface area contributed by atoms with Crippen LogP contribution in [-0.4, -0.2) is 35.7 Å². The largest absolute Gasteiger partial charge is 0.383 e. The van der Waals surface area contributed by atoms with Crippen molar-refractivity contribution in [1.29, 1.82) is 0 Å². The van der Waals surface area contributed by atoms with Crippen molar-refractivity contribution < 1.29 is 9.53 Å². The molecule has 0 bridgehead atoms. The van der Waals surface area contributed by atoms with Gasteiger partial charge in [0.05, 0.1) is 11.5 Å². The average molecular weight is 435 g/mol. The summed E-state index contributed by atoms with van der Waals surface area (Å²) in [6.45, 7) is 6.83. The number of hydrogen-bond donors (Lipinski definition) is 2. The molecule has 1 aliphatic carbocycles. The lowest BCUT2D eigenvalue weighted by atomic mass is 9.90. The Kier molecular flexibility index (Phi) is 6.82. The number of nitrogens with zero attached hydrogens (tertiary/aromatic N) is 2. The van der Waals surface area contributed by atoms with Crippen molar-refractivity contribution in [3.63, 3.8) is 0 Å². The Labute approximate surface area is 179 Å². The minimum absolute atomic E-state index is 0.00274. The molecule has 1 atom stereocenters. The first-order valence-electron chi connectivity index (χ1n) is 10.3. The monoisotopic (exact) mass is 434 g/mol. The van der Waals surface area contributed by atoms with Crippen molar-refractivity contribution in [2.75, 3.05) is 30.9 Å². The molecule has 0 aliphatic heterocycles. The van der Waals surface area contributed by atoms with Crippen molar-refractivity contribution in [2.45, 2.75) is 46.6 Å². The van der Waals surface area contributed by atoms with E-state index >= 15 is 0 Å². The van der Waals surface area contributed by atoms with Gasteiger partial charge in [0.1, 0.15) is 5.82 Å². The normalized spacial score (nSPS) is 16.0. The van der Waals surface area contributed by atoms with Crippen LogP contribution in [0.4, 0.5) is 11.5 Å². The summed E-state index contributed by atoms with van der Waals surface area (Å²) in [5.41, 5.74) is 6.21. The van der Waals surface area contributed by atoms with Crippen LogP contribution < -0.4 is 21.9 Å². The van der Waals surface area contributed by atoms with Crippen LogP contribution in [0.2, 0.25) is 0 Å². The number of carbonyl (C=O) groups excluding carboxylic acids is 1. The second-order valence-corrected chi connectivity index (χ2v) is 9.49. The van der Waals surface area contributed by atoms with Crippen LogP contribution in [0, 0.1) is 11.8 Å². The number of aromatic amines is 1. The fourth-order valence-corrected chi connectivity index (χ4v) is 4.98. The number of anilines is 2. The molecule has 2 aromatic rings. The van der Waals surface area contributed by atoms with Gasteiger partial charge in [-0.15, -0.1) is 11.3 Å². The third kappa shape index (κ3) is 4.52. The first-order valence-corrected chi connectivity index (χ1v) is 11.1. The van der Waals surface area contributed by atoms with E-state index in [2.05, 4.69) is 11.9 Å². The Morgan fingerprint density at radius 2 is 2.17 bits per heavy atom. The number of hydrogen-bond acceptors (Lipinski definition) is 6. The van der Waals surface area contributed by atoms with E-state index in [1.54, 1.807) is 0 Å². The molecule has 1 aliphatic rings. The van der Waals surface area contributed by atoms with Gasteiger partial charge in [0, 0.05) is 25.1 Å². The summed E-state index contributed by atoms with van der Waals surface area (Å²) >= 11 is 1.48. The van der Waals surface area contributed by atoms with Crippen LogP contribution in [0.25, 0.3) is 0 Å². The molecule has 0 radical (unpaired) electrons. The average Bonchev–Trinajstić information content (AvgIpc) is 3.10. The second kappa shape index (κ2) is 9.18. The molecule has 0 spiro atoms. The number of nitrogen functional groups attached to an aromatic ring is 1. The number of rotatable bonds is 7. The molecule has 1 amide bonds. The van der Waals surface area contributed by atoms with Crippen molar-refractivity contribution >= 4 is 28.7 Å². The predicted molar refractivity (Wildman–Crippen MR) is 120 cm³/mol. The Morgan fingerprint density at radius 3 is 2.83 bits per heavy atom. The highest BCUT2D eigenvalue weighted by Gasteiger charge is 2.28. The van der Waals surface area contributed by atoms with E-state index in [4.69, 9.17) is 10.5 Å². The summed E-state index contributed by atoms with van der Waals surface area (Å²) in [6, 6.07) is 1.94. The smallest absolute Gasteiger partial charge is 0.330 e. The van der Waals surface area contributed by atoms with E-state index in [9.17, 15) is 14.4 Å². The van der Waals surface area contributed by atoms with Crippen molar-refractivity contribution in [3.05, 3.63) is 42.2 Å². The molecule has 0 unspecified atom stereocenters. The maximum atomic E-state index is 13.5. The van der Waals surface area contributed by atoms with Crippen LogP contribution in [-0.2, 0) is 24.1 Å². The zero-order chi connectivity index (χ0) is 22.0. The van der Waals surface area contributed by atoms with Gasteiger partial charge in [-0.2, -0.15) is 0 Å². The lowest BCUT2D eigenvalue weighted by Gasteiger charge is -2.24. The van der Waals surface area contributed by atoms with Gasteiger partial charge in [0.2, 0.25) is 0 Å². The first kappa shape index (κ1) is 22.3. The molecule has 0 fully saturated rings. The summed E-state index contributed by atoms with van der Waals surface area (Å²) < 4.78 is 6.48. The Balaban J connectivity index is 2.06. The zero-order valence-corrected chi connectivity index (χ0v) is 18.8. The number of aryl methyl sites for hydroxylation is 1. The molecule has 0 aromatic carbocycles. The molecule has 164 valence electrons. The lowest BCUT2D eigenvalue weighted by molar-refractivity contribution is 0.0979. The number of fused-ring (bicyclic) bond motifs is 1. The maximum Gasteiger partial charge on any atom is 0.330 e. The SMILES string of the molecule is COCCN(C(=O)c1cc2c(s1)CC[C@H](C)C2)c1c(N)n(CC(C)C)c(=O)[nH]c1=O. The Bertz CT molecular complexity index is 1040. The van der Waals surface area contributed by atoms with Crippen LogP contribution in [0.1, 0.15) is 47.3 Å². The summed E-state index contributed by atoms with van der Waals surface area (Å²) in [6.07, 6.45) is 3.04. The molecular weight excluding hydrogens is 404 g/mol. The van der Waals surface area contributed by atoms with E-state index in [1.165, 1.54) is 38.4 Å². The molecule has 2 heterocycles. The van der Waals surface area contributed by atoms with Gasteiger partial charge >= 0.3 is 5.69 Å². The zero-order valence-electron chi connectivity index (χ0n) is 18.0. The summed E-state index contributed by atoms with van der Waals surface area (Å²) in [5, 5.41) is 0. The highest BCUT2D eigenvalue weighted by atomic mass is 32.1. The van der Waals surface area contributed by atoms with Gasteiger partial charge in [-0.25, -0.2) is 4.79 Å². The van der Waals surface area contributed by atoms with Crippen molar-refractivity contribution in [1.82, 2.24) is 9.55 Å². The molecule has 30 heavy (non-hydrogen) atoms. The molecule has 0 saturated carbocycles. The molecule has 3 rings (SSSR count). The Morgan fingerprint density at radius 1 is 1.43 bits per heavy atom. The van der Waals surface area contributed by atoms with Crippen molar-refractivity contribution in [2.24, 2.45) is 11.8 Å². The van der Waals surface area contributed by atoms with Crippen LogP contribution in [0.5, 0.6) is 0 Å². The van der Waals surface area contributed by atoms with Gasteiger partial charge in [-0.3, -0.25) is 24.0 Å². The minimum atomic E-state index is -0.670. The third-order valence-corrected chi connectivity index (χ3v) is 6.56. The number of nitrogens with two attached hydrogens (primary N) is 1. The number of nitrogens with one attached hydrogen (secondary N) is 1. The maximum absolute atomic E-state index is 13.5. The highest BCUT2D eigenvalue weighted by Crippen LogP contribution is 2.33. The summed E-state index contributed by atoms with van der Waals surface area (Å²) in [7, 11) is 1.53. The van der Waals surface area contributed by atoms with Crippen LogP contribution in [0.15, 0.2) is 15.7 Å². The number of amides is 1. The van der Waals surface area contributed by atoms with Gasteiger partial charge in [-0.1, -0.05) is 20.8 Å². The van der Waals surface area contributed by atoms with E-state index in [1.807, 2.05) is 19.9 Å². The van der Waals surface area contributed by atoms with Gasteiger partial charge in [0.15, 0.2) is 5.69 Å². The lowest BCUT2D eigenvalue weighted by Crippen LogP contribution is -2.42. The Hall–Kier alpha value is -2.39. The van der Waals surface area contributed by atoms with E-state index in [0.29, 0.717) is 17.3 Å². The molecule has 2 aromatic heterocycles. The number of aromatic nitrogens is 2. The molecule has 0 saturated heterocycles. The van der Waals surface area contributed by atoms with E-state index in [-0.39, 0.29) is 36.5 Å². The van der Waals surface area contributed by atoms with Crippen LogP contribution >= 0.6 is 11.3 Å². The standard InChI is InChI=1S/C21H30N4O4S/c1-12(2)11-25-18(22)17(19(26)23-21(25)28)24(7-8-29-4)20(27)16-10-14-9-13(3)5-6-15(14)30-16/h10,12-13H,5-9,11,22H2,1-4H3,(H,23,26,28)/t13-/m0/s1. The third-order valence-electron chi connectivity index (χ3n) is 5.34. The van der Waals surface area contributed by atoms with Crippen molar-refractivity contribution in [3.8, 4) is 0 Å². The second-order valence-electron chi connectivity index (χ2n) is 8.35. The topological polar surface area (TPSA) is 110 Å². The molecule has 3 N–H and O–H groups in total. The van der Waals surface area contributed by atoms with E-state index < -0.39 is 11.2 Å². The molecular formula is C21H30N4O4S. The molecule has 9 heteroatoms. The first-order chi connectivity index (χ1) is 14.2. The number of ether oxygens (including phenoxy) is 1. The van der Waals surface area contributed by atoms with Gasteiger partial charge < -0.3 is 10.5 Å². The number of H-pyrrole nitrogens is 1.